The molecule has 1 aliphatic rings. The third-order valence-electron chi connectivity index (χ3n) is 8.26. The number of rotatable bonds is 8. The number of hydrogen-bond donors (Lipinski definition) is 3. The number of phenols is 1. The SMILES string of the molecule is Cc1ccc(Oc2cc(-c3ccc(O)cc3)nc3[nH]ccc23)cc1C(=O)NCc1ccc(CN2CCN(C)CC2)c(C(F)(F)F)c1. The van der Waals surface area contributed by atoms with E-state index in [2.05, 4.69) is 20.2 Å². The maximum absolute atomic E-state index is 14.1. The number of aromatic hydroxyl groups is 1. The number of phenolic OH excluding ortho intramolecular Hbond substituents is 1. The van der Waals surface area contributed by atoms with Gasteiger partial charge in [-0.1, -0.05) is 18.2 Å². The first-order valence-electron chi connectivity index (χ1n) is 15.0. The molecule has 238 valence electrons. The number of nitrogens with one attached hydrogen (secondary N) is 2. The van der Waals surface area contributed by atoms with E-state index < -0.39 is 17.6 Å². The summed E-state index contributed by atoms with van der Waals surface area (Å²) in [6.45, 7) is 5.01. The lowest BCUT2D eigenvalue weighted by Crippen LogP contribution is -2.44. The largest absolute Gasteiger partial charge is 0.508 e. The lowest BCUT2D eigenvalue weighted by atomic mass is 10.0. The first-order valence-corrected chi connectivity index (χ1v) is 15.0. The molecule has 1 saturated heterocycles. The van der Waals surface area contributed by atoms with Gasteiger partial charge in [0.15, 0.2) is 0 Å². The third-order valence-corrected chi connectivity index (χ3v) is 8.26. The number of likely N-dealkylation sites (N-methyl/N-ethyl adjacent to an activating group) is 1. The van der Waals surface area contributed by atoms with Crippen molar-refractivity contribution >= 4 is 16.9 Å². The van der Waals surface area contributed by atoms with Crippen molar-refractivity contribution in [2.24, 2.45) is 0 Å². The molecule has 5 aromatic rings. The van der Waals surface area contributed by atoms with Crippen LogP contribution in [0.15, 0.2) is 79.0 Å². The number of pyridine rings is 1. The van der Waals surface area contributed by atoms with Gasteiger partial charge in [0.05, 0.1) is 16.6 Å². The molecule has 0 spiro atoms. The predicted octanol–water partition coefficient (Wildman–Crippen LogP) is 6.73. The molecule has 2 aromatic heterocycles. The van der Waals surface area contributed by atoms with Crippen molar-refractivity contribution in [1.82, 2.24) is 25.1 Å². The number of fused-ring (bicyclic) bond motifs is 1. The second-order valence-corrected chi connectivity index (χ2v) is 11.6. The quantitative estimate of drug-likeness (QED) is 0.176. The van der Waals surface area contributed by atoms with Gasteiger partial charge < -0.3 is 25.0 Å². The molecule has 0 aliphatic carbocycles. The molecule has 1 amide bonds. The Hall–Kier alpha value is -4.87. The van der Waals surface area contributed by atoms with Crippen molar-refractivity contribution in [3.8, 4) is 28.5 Å². The number of benzene rings is 3. The standard InChI is InChI=1S/C35H34F3N5O3/c1-22-3-10-27(46-32-19-31(24-6-8-26(44)9-7-24)41-33-28(32)11-12-39-33)18-29(22)34(45)40-20-23-4-5-25(30(17-23)35(36,37)38)21-43-15-13-42(2)14-16-43/h3-12,17-19,44H,13-16,20-21H2,1-2H3,(H,39,41)(H,40,45). The summed E-state index contributed by atoms with van der Waals surface area (Å²) in [5.41, 5.74) is 2.97. The Kier molecular flexibility index (Phi) is 8.70. The lowest BCUT2D eigenvalue weighted by molar-refractivity contribution is -0.138. The number of H-pyrrole nitrogens is 1. The summed E-state index contributed by atoms with van der Waals surface area (Å²) in [6.07, 6.45) is -2.76. The van der Waals surface area contributed by atoms with Gasteiger partial charge in [-0.3, -0.25) is 9.69 Å². The smallest absolute Gasteiger partial charge is 0.416 e. The summed E-state index contributed by atoms with van der Waals surface area (Å²) in [4.78, 5) is 25.2. The highest BCUT2D eigenvalue weighted by Gasteiger charge is 2.34. The highest BCUT2D eigenvalue weighted by atomic mass is 19.4. The number of aryl methyl sites for hydroxylation is 1. The molecule has 0 unspecified atom stereocenters. The van der Waals surface area contributed by atoms with E-state index in [1.807, 2.05) is 18.0 Å². The highest BCUT2D eigenvalue weighted by Crippen LogP contribution is 2.35. The molecule has 3 heterocycles. The number of amides is 1. The summed E-state index contributed by atoms with van der Waals surface area (Å²) >= 11 is 0. The van der Waals surface area contributed by atoms with E-state index in [-0.39, 0.29) is 24.4 Å². The lowest BCUT2D eigenvalue weighted by Gasteiger charge is -2.33. The van der Waals surface area contributed by atoms with E-state index in [0.29, 0.717) is 52.6 Å². The van der Waals surface area contributed by atoms with Crippen molar-refractivity contribution in [3.63, 3.8) is 0 Å². The van der Waals surface area contributed by atoms with Crippen molar-refractivity contribution in [2.45, 2.75) is 26.2 Å². The number of halogens is 3. The Balaban J connectivity index is 1.18. The average molecular weight is 630 g/mol. The van der Waals surface area contributed by atoms with Gasteiger partial charge in [-0.15, -0.1) is 0 Å². The third kappa shape index (κ3) is 7.00. The number of hydrogen-bond acceptors (Lipinski definition) is 6. The molecule has 0 radical (unpaired) electrons. The number of aromatic amines is 1. The zero-order valence-electron chi connectivity index (χ0n) is 25.5. The molecule has 8 nitrogen and oxygen atoms in total. The molecule has 6 rings (SSSR count). The Bertz CT molecular complexity index is 1860. The summed E-state index contributed by atoms with van der Waals surface area (Å²) < 4.78 is 48.4. The van der Waals surface area contributed by atoms with Crippen LogP contribution in [0, 0.1) is 6.92 Å². The van der Waals surface area contributed by atoms with Crippen LogP contribution in [0.2, 0.25) is 0 Å². The molecule has 3 N–H and O–H groups in total. The summed E-state index contributed by atoms with van der Waals surface area (Å²) in [7, 11) is 2.00. The fourth-order valence-corrected chi connectivity index (χ4v) is 5.57. The van der Waals surface area contributed by atoms with Crippen LogP contribution in [0.1, 0.15) is 32.6 Å². The number of aromatic nitrogens is 2. The normalized spacial score (nSPS) is 14.5. The van der Waals surface area contributed by atoms with Gasteiger partial charge in [-0.05, 0) is 79.2 Å². The van der Waals surface area contributed by atoms with Gasteiger partial charge in [0.2, 0.25) is 0 Å². The Morgan fingerprint density at radius 2 is 1.76 bits per heavy atom. The van der Waals surface area contributed by atoms with E-state index in [0.717, 1.165) is 30.1 Å². The molecule has 0 bridgehead atoms. The van der Waals surface area contributed by atoms with Crippen LogP contribution in [-0.2, 0) is 19.3 Å². The number of piperazine rings is 1. The predicted molar refractivity (Wildman–Crippen MR) is 170 cm³/mol. The van der Waals surface area contributed by atoms with Crippen molar-refractivity contribution < 1.29 is 27.8 Å². The second-order valence-electron chi connectivity index (χ2n) is 11.6. The van der Waals surface area contributed by atoms with Gasteiger partial charge in [0, 0.05) is 62.7 Å². The molecule has 3 aromatic carbocycles. The zero-order chi connectivity index (χ0) is 32.4. The Labute approximate surface area is 264 Å². The monoisotopic (exact) mass is 629 g/mol. The average Bonchev–Trinajstić information content (AvgIpc) is 3.51. The van der Waals surface area contributed by atoms with E-state index in [1.54, 1.807) is 67.7 Å². The minimum atomic E-state index is -4.51. The van der Waals surface area contributed by atoms with E-state index in [4.69, 9.17) is 4.74 Å². The second kappa shape index (κ2) is 12.9. The Morgan fingerprint density at radius 1 is 1.00 bits per heavy atom. The number of ether oxygens (including phenoxy) is 1. The first-order chi connectivity index (χ1) is 22.0. The van der Waals surface area contributed by atoms with Crippen LogP contribution in [0.4, 0.5) is 13.2 Å². The van der Waals surface area contributed by atoms with E-state index in [9.17, 15) is 23.1 Å². The molecule has 1 aliphatic heterocycles. The minimum Gasteiger partial charge on any atom is -0.508 e. The van der Waals surface area contributed by atoms with Crippen LogP contribution in [-0.4, -0.2) is 64.0 Å². The molecule has 46 heavy (non-hydrogen) atoms. The Morgan fingerprint density at radius 3 is 2.50 bits per heavy atom. The van der Waals surface area contributed by atoms with E-state index in [1.165, 1.54) is 6.07 Å². The highest BCUT2D eigenvalue weighted by molar-refractivity contribution is 5.96. The fraction of sp³-hybridized carbons (Fsp3) is 0.257. The fourth-order valence-electron chi connectivity index (χ4n) is 5.57. The maximum atomic E-state index is 14.1. The summed E-state index contributed by atoms with van der Waals surface area (Å²) in [5, 5.41) is 13.2. The molecular weight excluding hydrogens is 595 g/mol. The van der Waals surface area contributed by atoms with Crippen molar-refractivity contribution in [2.75, 3.05) is 33.2 Å². The molecule has 0 atom stereocenters. The molecule has 1 fully saturated rings. The number of alkyl halides is 3. The number of nitrogens with zero attached hydrogens (tertiary/aromatic N) is 3. The van der Waals surface area contributed by atoms with E-state index >= 15 is 0 Å². The van der Waals surface area contributed by atoms with Gasteiger partial charge in [0.1, 0.15) is 22.9 Å². The minimum absolute atomic E-state index is 0.0639. The van der Waals surface area contributed by atoms with Gasteiger partial charge in [-0.2, -0.15) is 13.2 Å². The number of carbonyl (C=O) groups is 1. The first kappa shape index (κ1) is 31.1. The van der Waals surface area contributed by atoms with Crippen LogP contribution < -0.4 is 10.1 Å². The van der Waals surface area contributed by atoms with Gasteiger partial charge >= 0.3 is 6.18 Å². The van der Waals surface area contributed by atoms with Crippen LogP contribution in [0.3, 0.4) is 0 Å². The van der Waals surface area contributed by atoms with Crippen LogP contribution in [0.5, 0.6) is 17.2 Å². The van der Waals surface area contributed by atoms with Gasteiger partial charge in [-0.25, -0.2) is 4.98 Å². The summed E-state index contributed by atoms with van der Waals surface area (Å²) in [6, 6.07) is 19.7. The maximum Gasteiger partial charge on any atom is 0.416 e. The zero-order valence-corrected chi connectivity index (χ0v) is 25.5. The summed E-state index contributed by atoms with van der Waals surface area (Å²) in [5.74, 6) is 0.643. The molecule has 11 heteroatoms. The van der Waals surface area contributed by atoms with Crippen molar-refractivity contribution in [3.05, 3.63) is 107 Å². The number of carbonyl (C=O) groups excluding carboxylic acids is 1. The molecule has 0 saturated carbocycles. The van der Waals surface area contributed by atoms with Crippen LogP contribution in [0.25, 0.3) is 22.3 Å². The molecular formula is C35H34F3N5O3. The topological polar surface area (TPSA) is 93.7 Å². The van der Waals surface area contributed by atoms with Crippen molar-refractivity contribution in [1.29, 1.82) is 0 Å². The van der Waals surface area contributed by atoms with Gasteiger partial charge in [0.25, 0.3) is 5.91 Å². The van der Waals surface area contributed by atoms with Crippen LogP contribution >= 0.6 is 0 Å².